The summed E-state index contributed by atoms with van der Waals surface area (Å²) in [4.78, 5) is 4.85. The first-order valence-corrected chi connectivity index (χ1v) is 21.1. The highest BCUT2D eigenvalue weighted by Gasteiger charge is 2.47. The maximum Gasteiger partial charge on any atom is 0.261 e. The Morgan fingerprint density at radius 1 is 0.612 bits per heavy atom. The zero-order valence-electron chi connectivity index (χ0n) is 31.1. The third-order valence-electron chi connectivity index (χ3n) is 9.24. The average molecular weight is 770 g/mol. The summed E-state index contributed by atoms with van der Waals surface area (Å²) in [5.41, 5.74) is 3.64. The van der Waals surface area contributed by atoms with E-state index >= 15 is 0 Å². The van der Waals surface area contributed by atoms with Crippen LogP contribution in [0, 0.1) is 11.8 Å². The first-order valence-electron chi connectivity index (χ1n) is 16.6. The van der Waals surface area contributed by atoms with E-state index in [1.54, 1.807) is 0 Å². The van der Waals surface area contributed by atoms with Gasteiger partial charge in [-0.15, -0.1) is 0 Å². The number of rotatable bonds is 10. The quantitative estimate of drug-likeness (QED) is 0.234. The van der Waals surface area contributed by atoms with Crippen LogP contribution in [0.15, 0.2) is 48.5 Å². The van der Waals surface area contributed by atoms with Crippen LogP contribution in [0.1, 0.15) is 90.2 Å². The van der Waals surface area contributed by atoms with Gasteiger partial charge in [-0.05, 0) is 114 Å². The minimum atomic E-state index is -3.67. The van der Waals surface area contributed by atoms with Gasteiger partial charge in [-0.3, -0.25) is 9.11 Å². The molecule has 4 rings (SSSR count). The summed E-state index contributed by atoms with van der Waals surface area (Å²) in [6.45, 7) is 9.30. The van der Waals surface area contributed by atoms with Crippen molar-refractivity contribution in [3.8, 4) is 0 Å². The van der Waals surface area contributed by atoms with Gasteiger partial charge >= 0.3 is 0 Å². The van der Waals surface area contributed by atoms with E-state index in [1.165, 1.54) is 62.5 Å². The second-order valence-corrected chi connectivity index (χ2v) is 18.5. The van der Waals surface area contributed by atoms with E-state index in [-0.39, 0.29) is 5.48 Å². The largest absolute Gasteiger partial charge is 0.412 e. The molecule has 0 amide bonds. The molecule has 0 saturated heterocycles. The molecule has 2 aliphatic rings. The van der Waals surface area contributed by atoms with Crippen LogP contribution in [-0.2, 0) is 31.1 Å². The van der Waals surface area contributed by atoms with Gasteiger partial charge in [0.15, 0.2) is 0 Å². The Bertz CT molecular complexity index is 1310. The second kappa shape index (κ2) is 20.7. The standard InChI is InChI=1S/2C17H26ClN.2CH4O3S.H2O/c2*1-13(2)12-16(19(3)4)17(10-5-11-17)14-6-8-15(18)9-7-14;2*1-5(2,3)4;/h2*6-9,13,16H,5,10-12H2,1-4H3;2*1H3,(H,2,3,4);1H2. The molecule has 49 heavy (non-hydrogen) atoms. The van der Waals surface area contributed by atoms with Crippen LogP contribution >= 0.6 is 23.2 Å². The first kappa shape index (κ1) is 47.7. The van der Waals surface area contributed by atoms with Gasteiger partial charge in [-0.1, -0.05) is 88.0 Å². The van der Waals surface area contributed by atoms with Crippen LogP contribution in [-0.4, -0.2) is 94.0 Å². The zero-order valence-corrected chi connectivity index (χ0v) is 34.2. The number of nitrogens with zero attached hydrogens (tertiary/aromatic N) is 2. The monoisotopic (exact) mass is 768 g/mol. The van der Waals surface area contributed by atoms with Crippen molar-refractivity contribution >= 4 is 43.4 Å². The highest BCUT2D eigenvalue weighted by atomic mass is 35.5. The van der Waals surface area contributed by atoms with E-state index in [9.17, 15) is 16.8 Å². The van der Waals surface area contributed by atoms with Crippen molar-refractivity contribution in [2.45, 2.75) is 102 Å². The van der Waals surface area contributed by atoms with Gasteiger partial charge in [-0.2, -0.15) is 16.8 Å². The molecule has 0 bridgehead atoms. The normalized spacial score (nSPS) is 17.5. The molecule has 2 unspecified atom stereocenters. The van der Waals surface area contributed by atoms with Gasteiger partial charge in [0.05, 0.1) is 12.5 Å². The fourth-order valence-corrected chi connectivity index (χ4v) is 7.31. The Labute approximate surface area is 307 Å². The van der Waals surface area contributed by atoms with E-state index in [2.05, 4.69) is 90.0 Å². The molecule has 284 valence electrons. The molecule has 0 aromatic heterocycles. The molecule has 4 N–H and O–H groups in total. The molecule has 0 radical (unpaired) electrons. The molecule has 0 spiro atoms. The predicted octanol–water partition coefficient (Wildman–Crippen LogP) is 7.66. The Balaban J connectivity index is 0.000000727. The van der Waals surface area contributed by atoms with E-state index in [0.717, 1.165) is 21.9 Å². The predicted molar refractivity (Wildman–Crippen MR) is 206 cm³/mol. The lowest BCUT2D eigenvalue weighted by atomic mass is 9.58. The number of hydrogen-bond acceptors (Lipinski definition) is 6. The minimum Gasteiger partial charge on any atom is -0.412 e. The van der Waals surface area contributed by atoms with E-state index in [0.29, 0.717) is 35.4 Å². The highest BCUT2D eigenvalue weighted by molar-refractivity contribution is 7.85. The fourth-order valence-electron chi connectivity index (χ4n) is 7.06. The maximum absolute atomic E-state index is 9.19. The van der Waals surface area contributed by atoms with Gasteiger partial charge in [0.25, 0.3) is 20.2 Å². The fraction of sp³-hybridized carbons (Fsp3) is 0.667. The Morgan fingerprint density at radius 3 is 0.980 bits per heavy atom. The molecule has 0 aliphatic heterocycles. The Kier molecular flexibility index (Phi) is 20.1. The molecule has 2 aromatic rings. The summed E-state index contributed by atoms with van der Waals surface area (Å²) in [6.07, 6.45) is 11.9. The van der Waals surface area contributed by atoms with Crippen LogP contribution < -0.4 is 0 Å². The van der Waals surface area contributed by atoms with Gasteiger partial charge in [0.2, 0.25) is 0 Å². The van der Waals surface area contributed by atoms with Gasteiger partial charge in [0.1, 0.15) is 0 Å². The second-order valence-electron chi connectivity index (χ2n) is 14.7. The Morgan fingerprint density at radius 2 is 0.837 bits per heavy atom. The van der Waals surface area contributed by atoms with Crippen LogP contribution in [0.25, 0.3) is 0 Å². The van der Waals surface area contributed by atoms with Crippen molar-refractivity contribution in [1.82, 2.24) is 9.80 Å². The molecule has 9 nitrogen and oxygen atoms in total. The zero-order chi connectivity index (χ0) is 37.1. The molecular formula is C36H62Cl2N2O7S2. The summed E-state index contributed by atoms with van der Waals surface area (Å²) in [7, 11) is 1.57. The molecule has 2 saturated carbocycles. The molecule has 0 heterocycles. The van der Waals surface area contributed by atoms with Crippen LogP contribution in [0.3, 0.4) is 0 Å². The minimum absolute atomic E-state index is 0. The summed E-state index contributed by atoms with van der Waals surface area (Å²) in [5, 5.41) is 1.67. The lowest BCUT2D eigenvalue weighted by Gasteiger charge is -2.51. The topological polar surface area (TPSA) is 147 Å². The van der Waals surface area contributed by atoms with Gasteiger partial charge < -0.3 is 15.3 Å². The molecule has 13 heteroatoms. The summed E-state index contributed by atoms with van der Waals surface area (Å²) < 4.78 is 51.7. The van der Waals surface area contributed by atoms with E-state index in [4.69, 9.17) is 32.3 Å². The average Bonchev–Trinajstić information content (AvgIpc) is 2.86. The molecule has 2 atom stereocenters. The number of benzene rings is 2. The van der Waals surface area contributed by atoms with Crippen molar-refractivity contribution in [2.24, 2.45) is 11.8 Å². The molecular weight excluding hydrogens is 707 g/mol. The van der Waals surface area contributed by atoms with E-state index < -0.39 is 20.2 Å². The smallest absolute Gasteiger partial charge is 0.261 e. The number of halogens is 2. The van der Waals surface area contributed by atoms with Crippen molar-refractivity contribution in [3.63, 3.8) is 0 Å². The van der Waals surface area contributed by atoms with Crippen molar-refractivity contribution < 1.29 is 31.4 Å². The third-order valence-corrected chi connectivity index (χ3v) is 9.75. The molecule has 2 aromatic carbocycles. The maximum atomic E-state index is 9.19. The molecule has 2 aliphatic carbocycles. The summed E-state index contributed by atoms with van der Waals surface area (Å²) in [6, 6.07) is 18.4. The van der Waals surface area contributed by atoms with Crippen molar-refractivity contribution in [2.75, 3.05) is 40.7 Å². The lowest BCUT2D eigenvalue weighted by Crippen LogP contribution is -2.52. The Hall–Kier alpha value is -1.28. The summed E-state index contributed by atoms with van der Waals surface area (Å²) >= 11 is 12.1. The van der Waals surface area contributed by atoms with Crippen molar-refractivity contribution in [3.05, 3.63) is 69.7 Å². The van der Waals surface area contributed by atoms with Crippen LogP contribution in [0.2, 0.25) is 10.0 Å². The SMILES string of the molecule is CC(C)CC(N(C)C)C1(c2ccc(Cl)cc2)CCC1.CC(C)CC(N(C)C)C1(c2ccc(Cl)cc2)CCC1.CS(=O)(=O)O.CS(=O)(=O)O.O. The number of likely N-dealkylation sites (N-methyl/N-ethyl adjacent to an activating group) is 2. The third kappa shape index (κ3) is 16.7. The van der Waals surface area contributed by atoms with Crippen molar-refractivity contribution in [1.29, 1.82) is 0 Å². The molecule has 2 fully saturated rings. The first-order chi connectivity index (χ1) is 21.9. The summed E-state index contributed by atoms with van der Waals surface area (Å²) in [5.74, 6) is 1.47. The van der Waals surface area contributed by atoms with Gasteiger partial charge in [0, 0.05) is 33.0 Å². The van der Waals surface area contributed by atoms with E-state index in [1.807, 2.05) is 24.3 Å². The van der Waals surface area contributed by atoms with Gasteiger partial charge in [-0.25, -0.2) is 0 Å². The van der Waals surface area contributed by atoms with Crippen LogP contribution in [0.4, 0.5) is 0 Å². The number of hydrogen-bond donors (Lipinski definition) is 2. The lowest BCUT2D eigenvalue weighted by molar-refractivity contribution is 0.0808. The van der Waals surface area contributed by atoms with Crippen LogP contribution in [0.5, 0.6) is 0 Å². The highest BCUT2D eigenvalue weighted by Crippen LogP contribution is 2.50.